The molecule has 0 saturated heterocycles. The second kappa shape index (κ2) is 4.07. The van der Waals surface area contributed by atoms with Gasteiger partial charge in [0.1, 0.15) is 16.6 Å². The Morgan fingerprint density at radius 1 is 1.60 bits per heavy atom. The summed E-state index contributed by atoms with van der Waals surface area (Å²) in [6, 6.07) is 2.57. The first-order valence-corrected chi connectivity index (χ1v) is 5.90. The number of hydrogen-bond donors (Lipinski definition) is 2. The van der Waals surface area contributed by atoms with E-state index in [1.165, 1.54) is 30.8 Å². The molecule has 1 aromatic heterocycles. The molecule has 1 fully saturated rings. The Kier molecular flexibility index (Phi) is 2.78. The third kappa shape index (κ3) is 2.05. The van der Waals surface area contributed by atoms with Gasteiger partial charge >= 0.3 is 0 Å². The molecule has 2 atom stereocenters. The molecule has 1 aliphatic carbocycles. The first-order valence-electron chi connectivity index (χ1n) is 5.12. The second-order valence-corrected chi connectivity index (χ2v) is 4.92. The summed E-state index contributed by atoms with van der Waals surface area (Å²) >= 11 is 1.28. The SMILES string of the molecule is CC1CCC(Nc2snc(N)c2C#N)C1. The minimum absolute atomic E-state index is 0.344. The van der Waals surface area contributed by atoms with Crippen LogP contribution in [0.3, 0.4) is 0 Å². The van der Waals surface area contributed by atoms with E-state index in [0.717, 1.165) is 10.9 Å². The average molecular weight is 222 g/mol. The van der Waals surface area contributed by atoms with Crippen LogP contribution in [0.5, 0.6) is 0 Å². The average Bonchev–Trinajstić information content (AvgIpc) is 2.75. The summed E-state index contributed by atoms with van der Waals surface area (Å²) in [4.78, 5) is 0. The number of anilines is 2. The Balaban J connectivity index is 2.08. The van der Waals surface area contributed by atoms with E-state index < -0.39 is 0 Å². The summed E-state index contributed by atoms with van der Waals surface area (Å²) < 4.78 is 3.98. The van der Waals surface area contributed by atoms with Gasteiger partial charge in [-0.3, -0.25) is 0 Å². The van der Waals surface area contributed by atoms with Crippen LogP contribution in [0.25, 0.3) is 0 Å². The summed E-state index contributed by atoms with van der Waals surface area (Å²) in [5, 5.41) is 13.1. The number of nitriles is 1. The third-order valence-corrected chi connectivity index (χ3v) is 3.65. The van der Waals surface area contributed by atoms with Crippen molar-refractivity contribution in [2.24, 2.45) is 5.92 Å². The third-order valence-electron chi connectivity index (χ3n) is 2.86. The lowest BCUT2D eigenvalue weighted by Gasteiger charge is -2.11. The van der Waals surface area contributed by atoms with E-state index in [2.05, 4.69) is 22.7 Å². The predicted octanol–water partition coefficient (Wildman–Crippen LogP) is 2.20. The van der Waals surface area contributed by atoms with Gasteiger partial charge in [-0.2, -0.15) is 9.64 Å². The molecule has 2 rings (SSSR count). The van der Waals surface area contributed by atoms with E-state index in [4.69, 9.17) is 11.0 Å². The van der Waals surface area contributed by atoms with E-state index in [1.807, 2.05) is 0 Å². The summed E-state index contributed by atoms with van der Waals surface area (Å²) in [5.41, 5.74) is 6.09. The van der Waals surface area contributed by atoms with Gasteiger partial charge in [0.05, 0.1) is 0 Å². The Morgan fingerprint density at radius 3 is 3.00 bits per heavy atom. The molecule has 1 aliphatic rings. The highest BCUT2D eigenvalue weighted by atomic mass is 32.1. The number of hydrogen-bond acceptors (Lipinski definition) is 5. The van der Waals surface area contributed by atoms with Crippen LogP contribution >= 0.6 is 11.5 Å². The highest BCUT2D eigenvalue weighted by molar-refractivity contribution is 7.10. The normalized spacial score (nSPS) is 25.1. The molecule has 4 nitrogen and oxygen atoms in total. The van der Waals surface area contributed by atoms with Crippen LogP contribution in [0.2, 0.25) is 0 Å². The molecular weight excluding hydrogens is 208 g/mol. The zero-order chi connectivity index (χ0) is 10.8. The molecule has 80 valence electrons. The molecule has 1 aromatic rings. The van der Waals surface area contributed by atoms with E-state index >= 15 is 0 Å². The number of rotatable bonds is 2. The van der Waals surface area contributed by atoms with Crippen LogP contribution in [-0.4, -0.2) is 10.4 Å². The second-order valence-electron chi connectivity index (χ2n) is 4.14. The topological polar surface area (TPSA) is 74.7 Å². The molecule has 3 N–H and O–H groups in total. The van der Waals surface area contributed by atoms with Gasteiger partial charge in [-0.15, -0.1) is 0 Å². The summed E-state index contributed by atoms with van der Waals surface area (Å²) in [5.74, 6) is 1.12. The molecule has 0 bridgehead atoms. The van der Waals surface area contributed by atoms with Gasteiger partial charge in [-0.25, -0.2) is 0 Å². The molecule has 0 aromatic carbocycles. The van der Waals surface area contributed by atoms with E-state index in [1.54, 1.807) is 0 Å². The lowest BCUT2D eigenvalue weighted by molar-refractivity contribution is 0.603. The lowest BCUT2D eigenvalue weighted by atomic mass is 10.1. The number of nitrogen functional groups attached to an aromatic ring is 1. The molecule has 0 spiro atoms. The van der Waals surface area contributed by atoms with Crippen molar-refractivity contribution in [1.29, 1.82) is 5.26 Å². The fraction of sp³-hybridized carbons (Fsp3) is 0.600. The van der Waals surface area contributed by atoms with Crippen LogP contribution < -0.4 is 11.1 Å². The Hall–Kier alpha value is -1.28. The Bertz CT molecular complexity index is 393. The molecule has 15 heavy (non-hydrogen) atoms. The lowest BCUT2D eigenvalue weighted by Crippen LogP contribution is -2.15. The Morgan fingerprint density at radius 2 is 2.40 bits per heavy atom. The number of nitrogens with two attached hydrogens (primary N) is 1. The van der Waals surface area contributed by atoms with Crippen molar-refractivity contribution in [2.45, 2.75) is 32.2 Å². The van der Waals surface area contributed by atoms with E-state index in [9.17, 15) is 0 Å². The van der Waals surface area contributed by atoms with Crippen LogP contribution in [0.1, 0.15) is 31.7 Å². The smallest absolute Gasteiger partial charge is 0.157 e. The van der Waals surface area contributed by atoms with Gasteiger partial charge in [-0.05, 0) is 36.7 Å². The standard InChI is InChI=1S/C10H14N4S/c1-6-2-3-7(4-6)13-10-8(5-11)9(12)14-15-10/h6-7,13H,2-4H2,1H3,(H2,12,14). The van der Waals surface area contributed by atoms with Crippen molar-refractivity contribution in [3.05, 3.63) is 5.56 Å². The molecule has 2 unspecified atom stereocenters. The number of nitrogens with one attached hydrogen (secondary N) is 1. The van der Waals surface area contributed by atoms with E-state index in [-0.39, 0.29) is 0 Å². The van der Waals surface area contributed by atoms with Gasteiger partial charge in [0.2, 0.25) is 0 Å². The van der Waals surface area contributed by atoms with Crippen molar-refractivity contribution in [3.8, 4) is 6.07 Å². The first kappa shape index (κ1) is 10.2. The fourth-order valence-electron chi connectivity index (χ4n) is 2.03. The first-order chi connectivity index (χ1) is 7.20. The zero-order valence-electron chi connectivity index (χ0n) is 8.66. The van der Waals surface area contributed by atoms with Crippen LogP contribution in [0.15, 0.2) is 0 Å². The van der Waals surface area contributed by atoms with Gasteiger partial charge < -0.3 is 11.1 Å². The predicted molar refractivity (Wildman–Crippen MR) is 61.7 cm³/mol. The molecule has 1 saturated carbocycles. The molecule has 0 aliphatic heterocycles. The van der Waals surface area contributed by atoms with Gasteiger partial charge in [0, 0.05) is 6.04 Å². The van der Waals surface area contributed by atoms with Crippen LogP contribution in [0.4, 0.5) is 10.8 Å². The van der Waals surface area contributed by atoms with Crippen molar-refractivity contribution < 1.29 is 0 Å². The minimum atomic E-state index is 0.344. The molecule has 5 heteroatoms. The van der Waals surface area contributed by atoms with Gasteiger partial charge in [0.15, 0.2) is 5.82 Å². The summed E-state index contributed by atoms with van der Waals surface area (Å²) in [7, 11) is 0. The van der Waals surface area contributed by atoms with E-state index in [0.29, 0.717) is 17.4 Å². The highest BCUT2D eigenvalue weighted by Crippen LogP contribution is 2.32. The summed E-state index contributed by atoms with van der Waals surface area (Å²) in [6.45, 7) is 2.26. The van der Waals surface area contributed by atoms with Crippen molar-refractivity contribution >= 4 is 22.4 Å². The summed E-state index contributed by atoms with van der Waals surface area (Å²) in [6.07, 6.45) is 3.60. The fourth-order valence-corrected chi connectivity index (χ4v) is 2.77. The molecule has 1 heterocycles. The van der Waals surface area contributed by atoms with Crippen LogP contribution in [0, 0.1) is 17.2 Å². The monoisotopic (exact) mass is 222 g/mol. The highest BCUT2D eigenvalue weighted by Gasteiger charge is 2.23. The minimum Gasteiger partial charge on any atom is -0.382 e. The molecule has 0 amide bonds. The maximum Gasteiger partial charge on any atom is 0.157 e. The largest absolute Gasteiger partial charge is 0.382 e. The maximum atomic E-state index is 8.91. The quantitative estimate of drug-likeness (QED) is 0.804. The van der Waals surface area contributed by atoms with Crippen molar-refractivity contribution in [3.63, 3.8) is 0 Å². The van der Waals surface area contributed by atoms with Crippen molar-refractivity contribution in [1.82, 2.24) is 4.37 Å². The van der Waals surface area contributed by atoms with Gasteiger partial charge in [0.25, 0.3) is 0 Å². The Labute approximate surface area is 93.3 Å². The number of aromatic nitrogens is 1. The molecular formula is C10H14N4S. The van der Waals surface area contributed by atoms with Gasteiger partial charge in [-0.1, -0.05) is 6.92 Å². The zero-order valence-corrected chi connectivity index (χ0v) is 9.47. The molecule has 0 radical (unpaired) electrons. The number of nitrogens with zero attached hydrogens (tertiary/aromatic N) is 2. The van der Waals surface area contributed by atoms with Crippen LogP contribution in [-0.2, 0) is 0 Å². The maximum absolute atomic E-state index is 8.91. The van der Waals surface area contributed by atoms with Crippen molar-refractivity contribution in [2.75, 3.05) is 11.1 Å².